The van der Waals surface area contributed by atoms with Crippen molar-refractivity contribution >= 4 is 40.5 Å². The Bertz CT molecular complexity index is 812. The number of benzene rings is 1. The SMILES string of the molecule is CCCC(=O)NC(=S)Nc1ccc(N2CCN(C(=O)c3ccco3)CC2)cc1. The van der Waals surface area contributed by atoms with Crippen LogP contribution in [0.1, 0.15) is 30.3 Å². The molecule has 8 heteroatoms. The van der Waals surface area contributed by atoms with Crippen molar-refractivity contribution in [3.8, 4) is 0 Å². The van der Waals surface area contributed by atoms with E-state index in [-0.39, 0.29) is 11.8 Å². The van der Waals surface area contributed by atoms with Gasteiger partial charge in [-0.3, -0.25) is 9.59 Å². The average molecular weight is 401 g/mol. The van der Waals surface area contributed by atoms with Crippen LogP contribution in [0.15, 0.2) is 47.1 Å². The molecule has 7 nitrogen and oxygen atoms in total. The fourth-order valence-electron chi connectivity index (χ4n) is 3.06. The number of piperazine rings is 1. The summed E-state index contributed by atoms with van der Waals surface area (Å²) in [7, 11) is 0. The zero-order valence-corrected chi connectivity index (χ0v) is 16.6. The zero-order chi connectivity index (χ0) is 19.9. The summed E-state index contributed by atoms with van der Waals surface area (Å²) >= 11 is 5.16. The molecule has 2 N–H and O–H groups in total. The Morgan fingerprint density at radius 1 is 1.11 bits per heavy atom. The lowest BCUT2D eigenvalue weighted by Crippen LogP contribution is -2.48. The van der Waals surface area contributed by atoms with Crippen LogP contribution >= 0.6 is 12.2 Å². The Morgan fingerprint density at radius 3 is 2.43 bits per heavy atom. The van der Waals surface area contributed by atoms with Gasteiger partial charge in [0, 0.05) is 44.0 Å². The monoisotopic (exact) mass is 400 g/mol. The predicted molar refractivity (Wildman–Crippen MR) is 113 cm³/mol. The van der Waals surface area contributed by atoms with Gasteiger partial charge in [0.05, 0.1) is 6.26 Å². The number of thiocarbonyl (C=S) groups is 1. The number of hydrogen-bond acceptors (Lipinski definition) is 5. The van der Waals surface area contributed by atoms with Gasteiger partial charge >= 0.3 is 0 Å². The molecule has 1 aliphatic heterocycles. The van der Waals surface area contributed by atoms with E-state index in [1.165, 1.54) is 6.26 Å². The number of carbonyl (C=O) groups excluding carboxylic acids is 2. The van der Waals surface area contributed by atoms with Crippen molar-refractivity contribution in [1.29, 1.82) is 0 Å². The molecule has 2 heterocycles. The van der Waals surface area contributed by atoms with Gasteiger partial charge in [-0.1, -0.05) is 6.92 Å². The molecule has 0 spiro atoms. The Labute approximate surface area is 169 Å². The number of nitrogens with zero attached hydrogens (tertiary/aromatic N) is 2. The standard InChI is InChI=1S/C20H24N4O3S/c1-2-4-18(25)22-20(28)21-15-6-8-16(9-7-15)23-10-12-24(13-11-23)19(26)17-5-3-14-27-17/h3,5-9,14H,2,4,10-13H2,1H3,(H2,21,22,25,28). The van der Waals surface area contributed by atoms with Gasteiger partial charge in [0.15, 0.2) is 10.9 Å². The molecule has 1 fully saturated rings. The minimum absolute atomic E-state index is 0.0668. The molecule has 1 aromatic carbocycles. The normalized spacial score (nSPS) is 13.9. The van der Waals surface area contributed by atoms with E-state index in [0.29, 0.717) is 30.4 Å². The predicted octanol–water partition coefficient (Wildman–Crippen LogP) is 2.86. The maximum absolute atomic E-state index is 12.3. The summed E-state index contributed by atoms with van der Waals surface area (Å²) in [6, 6.07) is 11.3. The molecule has 28 heavy (non-hydrogen) atoms. The van der Waals surface area contributed by atoms with Crippen LogP contribution in [0, 0.1) is 0 Å². The highest BCUT2D eigenvalue weighted by atomic mass is 32.1. The number of amides is 2. The first kappa shape index (κ1) is 19.9. The van der Waals surface area contributed by atoms with Crippen LogP contribution in [0.4, 0.5) is 11.4 Å². The maximum atomic E-state index is 12.3. The fourth-order valence-corrected chi connectivity index (χ4v) is 3.29. The molecule has 3 rings (SSSR count). The van der Waals surface area contributed by atoms with Crippen molar-refractivity contribution in [3.05, 3.63) is 48.4 Å². The van der Waals surface area contributed by atoms with Gasteiger partial charge in [-0.05, 0) is 55.0 Å². The van der Waals surface area contributed by atoms with E-state index in [1.807, 2.05) is 36.1 Å². The summed E-state index contributed by atoms with van der Waals surface area (Å²) in [5.41, 5.74) is 1.90. The number of furan rings is 1. The zero-order valence-electron chi connectivity index (χ0n) is 15.8. The lowest BCUT2D eigenvalue weighted by molar-refractivity contribution is -0.119. The third kappa shape index (κ3) is 5.10. The largest absolute Gasteiger partial charge is 0.459 e. The van der Waals surface area contributed by atoms with Crippen molar-refractivity contribution < 1.29 is 14.0 Å². The second kappa shape index (κ2) is 9.36. The number of anilines is 2. The molecule has 2 aromatic rings. The van der Waals surface area contributed by atoms with E-state index in [0.717, 1.165) is 30.9 Å². The molecule has 0 unspecified atom stereocenters. The van der Waals surface area contributed by atoms with Crippen LogP contribution in [0.5, 0.6) is 0 Å². The quantitative estimate of drug-likeness (QED) is 0.752. The lowest BCUT2D eigenvalue weighted by atomic mass is 10.2. The summed E-state index contributed by atoms with van der Waals surface area (Å²) in [4.78, 5) is 27.9. The van der Waals surface area contributed by atoms with Crippen LogP contribution in [-0.4, -0.2) is 48.0 Å². The van der Waals surface area contributed by atoms with Gasteiger partial charge in [-0.2, -0.15) is 0 Å². The molecule has 0 atom stereocenters. The summed E-state index contributed by atoms with van der Waals surface area (Å²) in [5.74, 6) is 0.229. The highest BCUT2D eigenvalue weighted by Gasteiger charge is 2.23. The topological polar surface area (TPSA) is 77.8 Å². The minimum atomic E-state index is -0.0846. The summed E-state index contributed by atoms with van der Waals surface area (Å²) in [6.07, 6.45) is 2.75. The van der Waals surface area contributed by atoms with Crippen molar-refractivity contribution in [2.24, 2.45) is 0 Å². The average Bonchev–Trinajstić information content (AvgIpc) is 3.23. The van der Waals surface area contributed by atoms with Gasteiger partial charge in [0.1, 0.15) is 0 Å². The van der Waals surface area contributed by atoms with Gasteiger partial charge in [-0.15, -0.1) is 0 Å². The van der Waals surface area contributed by atoms with Crippen LogP contribution in [0.3, 0.4) is 0 Å². The van der Waals surface area contributed by atoms with Crippen molar-refractivity contribution in [1.82, 2.24) is 10.2 Å². The summed E-state index contributed by atoms with van der Waals surface area (Å²) in [5, 5.41) is 5.98. The van der Waals surface area contributed by atoms with Gasteiger partial charge in [-0.25, -0.2) is 0 Å². The van der Waals surface area contributed by atoms with E-state index in [2.05, 4.69) is 15.5 Å². The molecule has 0 bridgehead atoms. The van der Waals surface area contributed by atoms with E-state index in [9.17, 15) is 9.59 Å². The van der Waals surface area contributed by atoms with Crippen LogP contribution in [-0.2, 0) is 4.79 Å². The summed E-state index contributed by atoms with van der Waals surface area (Å²) in [6.45, 7) is 4.75. The Balaban J connectivity index is 1.50. The van der Waals surface area contributed by atoms with Gasteiger partial charge in [0.25, 0.3) is 5.91 Å². The third-order valence-corrected chi connectivity index (χ3v) is 4.72. The molecule has 1 saturated heterocycles. The molecule has 148 valence electrons. The second-order valence-electron chi connectivity index (χ2n) is 6.56. The Morgan fingerprint density at radius 2 is 1.82 bits per heavy atom. The van der Waals surface area contributed by atoms with Crippen molar-refractivity contribution in [2.45, 2.75) is 19.8 Å². The van der Waals surface area contributed by atoms with Crippen LogP contribution in [0.2, 0.25) is 0 Å². The second-order valence-corrected chi connectivity index (χ2v) is 6.96. The number of hydrogen-bond donors (Lipinski definition) is 2. The molecule has 0 saturated carbocycles. The first-order chi connectivity index (χ1) is 13.6. The number of rotatable bonds is 5. The number of carbonyl (C=O) groups is 2. The molecule has 1 aliphatic rings. The molecule has 2 amide bonds. The van der Waals surface area contributed by atoms with E-state index >= 15 is 0 Å². The van der Waals surface area contributed by atoms with Crippen LogP contribution < -0.4 is 15.5 Å². The highest BCUT2D eigenvalue weighted by molar-refractivity contribution is 7.80. The minimum Gasteiger partial charge on any atom is -0.459 e. The Kier molecular flexibility index (Phi) is 6.65. The first-order valence-electron chi connectivity index (χ1n) is 9.35. The fraction of sp³-hybridized carbons (Fsp3) is 0.350. The molecule has 0 radical (unpaired) electrons. The van der Waals surface area contributed by atoms with Gasteiger partial charge < -0.3 is 24.9 Å². The van der Waals surface area contributed by atoms with E-state index in [1.54, 1.807) is 12.1 Å². The van der Waals surface area contributed by atoms with Crippen molar-refractivity contribution in [2.75, 3.05) is 36.4 Å². The summed E-state index contributed by atoms with van der Waals surface area (Å²) < 4.78 is 5.19. The molecular formula is C20H24N4O3S. The highest BCUT2D eigenvalue weighted by Crippen LogP contribution is 2.20. The van der Waals surface area contributed by atoms with Crippen LogP contribution in [0.25, 0.3) is 0 Å². The maximum Gasteiger partial charge on any atom is 0.289 e. The lowest BCUT2D eigenvalue weighted by Gasteiger charge is -2.35. The molecule has 1 aromatic heterocycles. The van der Waals surface area contributed by atoms with Gasteiger partial charge in [0.2, 0.25) is 5.91 Å². The van der Waals surface area contributed by atoms with Crippen molar-refractivity contribution in [3.63, 3.8) is 0 Å². The smallest absolute Gasteiger partial charge is 0.289 e. The Hall–Kier alpha value is -2.87. The number of nitrogens with one attached hydrogen (secondary N) is 2. The van der Waals surface area contributed by atoms with E-state index in [4.69, 9.17) is 16.6 Å². The third-order valence-electron chi connectivity index (χ3n) is 4.52. The first-order valence-corrected chi connectivity index (χ1v) is 9.76. The molecular weight excluding hydrogens is 376 g/mol. The molecule has 0 aliphatic carbocycles. The van der Waals surface area contributed by atoms with E-state index < -0.39 is 0 Å².